The molecule has 4 rings (SSSR count). The van der Waals surface area contributed by atoms with Crippen LogP contribution in [-0.2, 0) is 7.05 Å². The number of aromatic amines is 1. The predicted molar refractivity (Wildman–Crippen MR) is 115 cm³/mol. The van der Waals surface area contributed by atoms with E-state index in [1.54, 1.807) is 30.9 Å². The van der Waals surface area contributed by atoms with E-state index in [4.69, 9.17) is 16.3 Å². The number of nitrogens with one attached hydrogen (secondary N) is 2. The second-order valence-corrected chi connectivity index (χ2v) is 7.22. The zero-order valence-corrected chi connectivity index (χ0v) is 17.0. The maximum absolute atomic E-state index is 12.6. The minimum absolute atomic E-state index is 0.176. The highest BCUT2D eigenvalue weighted by atomic mass is 35.5. The molecule has 0 radical (unpaired) electrons. The van der Waals surface area contributed by atoms with Crippen molar-refractivity contribution in [3.63, 3.8) is 0 Å². The quantitative estimate of drug-likeness (QED) is 0.517. The first-order valence-corrected chi connectivity index (χ1v) is 9.44. The third kappa shape index (κ3) is 3.69. The van der Waals surface area contributed by atoms with Crippen molar-refractivity contribution in [1.82, 2.24) is 19.5 Å². The molecular formula is C21H20ClN5O2. The van der Waals surface area contributed by atoms with E-state index in [-0.39, 0.29) is 11.6 Å². The number of H-pyrrole nitrogens is 1. The highest BCUT2D eigenvalue weighted by molar-refractivity contribution is 6.32. The van der Waals surface area contributed by atoms with E-state index in [2.05, 4.69) is 20.3 Å². The average Bonchev–Trinajstić information content (AvgIpc) is 3.13. The molecule has 1 aromatic carbocycles. The lowest BCUT2D eigenvalue weighted by Crippen LogP contribution is -2.19. The summed E-state index contributed by atoms with van der Waals surface area (Å²) < 4.78 is 7.16. The molecule has 0 saturated carbocycles. The van der Waals surface area contributed by atoms with Crippen LogP contribution in [0.3, 0.4) is 0 Å². The molecule has 0 aliphatic carbocycles. The summed E-state index contributed by atoms with van der Waals surface area (Å²) >= 11 is 6.23. The second kappa shape index (κ2) is 7.60. The number of imidazole rings is 1. The number of anilines is 1. The molecule has 3 heterocycles. The Morgan fingerprint density at radius 3 is 2.83 bits per heavy atom. The molecule has 1 atom stereocenters. The molecule has 0 fully saturated rings. The fourth-order valence-electron chi connectivity index (χ4n) is 3.31. The summed E-state index contributed by atoms with van der Waals surface area (Å²) in [4.78, 5) is 24.1. The van der Waals surface area contributed by atoms with Crippen molar-refractivity contribution in [2.75, 3.05) is 12.4 Å². The maximum Gasteiger partial charge on any atom is 0.253 e. The monoisotopic (exact) mass is 409 g/mol. The Hall–Kier alpha value is -3.32. The van der Waals surface area contributed by atoms with Gasteiger partial charge >= 0.3 is 0 Å². The molecule has 1 unspecified atom stereocenters. The molecule has 0 saturated heterocycles. The molecule has 29 heavy (non-hydrogen) atoms. The van der Waals surface area contributed by atoms with Gasteiger partial charge in [0.25, 0.3) is 5.56 Å². The first-order valence-electron chi connectivity index (χ1n) is 9.06. The topological polar surface area (TPSA) is 84.8 Å². The van der Waals surface area contributed by atoms with Gasteiger partial charge in [-0.05, 0) is 31.2 Å². The summed E-state index contributed by atoms with van der Waals surface area (Å²) in [5.74, 6) is 1.19. The minimum atomic E-state index is -0.265. The fraction of sp³-hybridized carbons (Fsp3) is 0.190. The smallest absolute Gasteiger partial charge is 0.253 e. The molecule has 0 aliphatic heterocycles. The number of nitrogens with zero attached hydrogens (tertiary/aromatic N) is 3. The van der Waals surface area contributed by atoms with Crippen LogP contribution in [0.1, 0.15) is 18.5 Å². The van der Waals surface area contributed by atoms with Gasteiger partial charge in [-0.2, -0.15) is 0 Å². The van der Waals surface area contributed by atoms with Gasteiger partial charge < -0.3 is 19.6 Å². The highest BCUT2D eigenvalue weighted by Crippen LogP contribution is 2.30. The van der Waals surface area contributed by atoms with Crippen LogP contribution in [0, 0.1) is 0 Å². The zero-order chi connectivity index (χ0) is 20.5. The molecule has 7 nitrogen and oxygen atoms in total. The number of ether oxygens (including phenoxy) is 1. The predicted octanol–water partition coefficient (Wildman–Crippen LogP) is 4.16. The summed E-state index contributed by atoms with van der Waals surface area (Å²) in [6.07, 6.45) is 5.28. The Morgan fingerprint density at radius 2 is 2.10 bits per heavy atom. The Balaban J connectivity index is 1.66. The van der Waals surface area contributed by atoms with E-state index in [0.29, 0.717) is 27.7 Å². The van der Waals surface area contributed by atoms with Crippen LogP contribution in [0.25, 0.3) is 22.2 Å². The van der Waals surface area contributed by atoms with Gasteiger partial charge in [0.1, 0.15) is 11.6 Å². The molecule has 3 aromatic heterocycles. The number of methoxy groups -OCH3 is 1. The lowest BCUT2D eigenvalue weighted by molar-refractivity contribution is 0.415. The standard InChI is InChI=1S/C21H20ClN5O2/c1-12(25-20-8-13(4-5-24-20)18-10-23-11-27(18)2)15-6-14-7-16(22)19(29-3)9-17(14)26-21(15)28/h4-12H,1-3H3,(H,24,25)(H,26,28). The average molecular weight is 410 g/mol. The zero-order valence-electron chi connectivity index (χ0n) is 16.2. The van der Waals surface area contributed by atoms with Gasteiger partial charge in [-0.15, -0.1) is 0 Å². The van der Waals surface area contributed by atoms with Crippen LogP contribution >= 0.6 is 11.6 Å². The summed E-state index contributed by atoms with van der Waals surface area (Å²) in [5, 5.41) is 4.62. The van der Waals surface area contributed by atoms with E-state index in [0.717, 1.165) is 16.6 Å². The fourth-order valence-corrected chi connectivity index (χ4v) is 3.56. The van der Waals surface area contributed by atoms with Crippen LogP contribution in [0.15, 0.2) is 53.8 Å². The van der Waals surface area contributed by atoms with Crippen LogP contribution < -0.4 is 15.6 Å². The van der Waals surface area contributed by atoms with Crippen molar-refractivity contribution in [2.45, 2.75) is 13.0 Å². The van der Waals surface area contributed by atoms with Crippen LogP contribution in [0.5, 0.6) is 5.75 Å². The number of fused-ring (bicyclic) bond motifs is 1. The molecule has 2 N–H and O–H groups in total. The molecule has 0 aliphatic rings. The van der Waals surface area contributed by atoms with Crippen LogP contribution in [-0.4, -0.2) is 26.6 Å². The van der Waals surface area contributed by atoms with Crippen LogP contribution in [0.2, 0.25) is 5.02 Å². The van der Waals surface area contributed by atoms with Crippen LogP contribution in [0.4, 0.5) is 5.82 Å². The van der Waals surface area contributed by atoms with Crippen molar-refractivity contribution in [2.24, 2.45) is 7.05 Å². The van der Waals surface area contributed by atoms with Gasteiger partial charge in [0.15, 0.2) is 0 Å². The van der Waals surface area contributed by atoms with Crippen molar-refractivity contribution in [1.29, 1.82) is 0 Å². The number of aryl methyl sites for hydroxylation is 1. The Morgan fingerprint density at radius 1 is 1.28 bits per heavy atom. The van der Waals surface area contributed by atoms with Crippen molar-refractivity contribution < 1.29 is 4.74 Å². The lowest BCUT2D eigenvalue weighted by atomic mass is 10.1. The van der Waals surface area contributed by atoms with Crippen molar-refractivity contribution >= 4 is 28.3 Å². The Bertz CT molecular complexity index is 1250. The van der Waals surface area contributed by atoms with Gasteiger partial charge in [0.2, 0.25) is 0 Å². The number of aromatic nitrogens is 4. The third-order valence-electron chi connectivity index (χ3n) is 4.85. The normalized spacial score (nSPS) is 12.1. The lowest BCUT2D eigenvalue weighted by Gasteiger charge is -2.16. The number of benzene rings is 1. The molecule has 0 amide bonds. The highest BCUT2D eigenvalue weighted by Gasteiger charge is 2.14. The number of halogens is 1. The summed E-state index contributed by atoms with van der Waals surface area (Å²) in [6.45, 7) is 1.92. The molecular weight excluding hydrogens is 390 g/mol. The summed E-state index contributed by atoms with van der Waals surface area (Å²) in [6, 6.07) is 8.93. The first kappa shape index (κ1) is 19.0. The van der Waals surface area contributed by atoms with E-state index in [9.17, 15) is 4.79 Å². The largest absolute Gasteiger partial charge is 0.495 e. The van der Waals surface area contributed by atoms with Gasteiger partial charge in [-0.25, -0.2) is 9.97 Å². The Labute approximate surface area is 172 Å². The molecule has 0 bridgehead atoms. The van der Waals surface area contributed by atoms with E-state index >= 15 is 0 Å². The SMILES string of the molecule is COc1cc2[nH]c(=O)c(C(C)Nc3cc(-c4cncn4C)ccn3)cc2cc1Cl. The van der Waals surface area contributed by atoms with Gasteiger partial charge in [0.05, 0.1) is 41.9 Å². The molecule has 8 heteroatoms. The summed E-state index contributed by atoms with van der Waals surface area (Å²) in [7, 11) is 3.48. The van der Waals surface area contributed by atoms with Crippen molar-refractivity contribution in [3.05, 3.63) is 70.0 Å². The summed E-state index contributed by atoms with van der Waals surface area (Å²) in [5.41, 5.74) is 3.05. The van der Waals surface area contributed by atoms with Gasteiger partial charge in [-0.3, -0.25) is 4.79 Å². The second-order valence-electron chi connectivity index (χ2n) is 6.81. The first-order chi connectivity index (χ1) is 14.0. The van der Waals surface area contributed by atoms with Crippen molar-refractivity contribution in [3.8, 4) is 17.0 Å². The molecule has 0 spiro atoms. The third-order valence-corrected chi connectivity index (χ3v) is 5.14. The number of rotatable bonds is 5. The van der Waals surface area contributed by atoms with E-state index in [1.165, 1.54) is 7.11 Å². The van der Waals surface area contributed by atoms with E-state index in [1.807, 2.05) is 36.7 Å². The number of hydrogen-bond acceptors (Lipinski definition) is 5. The van der Waals surface area contributed by atoms with Gasteiger partial charge in [0, 0.05) is 35.8 Å². The maximum atomic E-state index is 12.6. The minimum Gasteiger partial charge on any atom is -0.495 e. The Kier molecular flexibility index (Phi) is 4.98. The van der Waals surface area contributed by atoms with Gasteiger partial charge in [-0.1, -0.05) is 11.6 Å². The number of hydrogen-bond donors (Lipinski definition) is 2. The number of pyridine rings is 2. The van der Waals surface area contributed by atoms with E-state index < -0.39 is 0 Å². The molecule has 148 valence electrons. The molecule has 4 aromatic rings.